The second-order valence-corrected chi connectivity index (χ2v) is 6.13. The lowest BCUT2D eigenvalue weighted by atomic mass is 10.1. The Labute approximate surface area is 132 Å². The van der Waals surface area contributed by atoms with Gasteiger partial charge in [0.1, 0.15) is 12.2 Å². The van der Waals surface area contributed by atoms with Gasteiger partial charge in [0, 0.05) is 56.2 Å². The maximum atomic E-state index is 6.40. The zero-order chi connectivity index (χ0) is 15.4. The van der Waals surface area contributed by atoms with Gasteiger partial charge in [-0.25, -0.2) is 0 Å². The van der Waals surface area contributed by atoms with Crippen molar-refractivity contribution in [2.24, 2.45) is 0 Å². The molecule has 1 N–H and O–H groups in total. The summed E-state index contributed by atoms with van der Waals surface area (Å²) in [7, 11) is 3.47. The average Bonchev–Trinajstić information content (AvgIpc) is 2.88. The summed E-state index contributed by atoms with van der Waals surface area (Å²) in [5.41, 5.74) is 2.30. The molecule has 2 atom stereocenters. The molecule has 1 aromatic rings. The molecule has 0 saturated carbocycles. The monoisotopic (exact) mass is 312 g/mol. The van der Waals surface area contributed by atoms with Crippen LogP contribution in [0.3, 0.4) is 0 Å². The largest absolute Gasteiger partial charge is 0.377 e. The van der Waals surface area contributed by atoms with Gasteiger partial charge < -0.3 is 19.7 Å². The van der Waals surface area contributed by atoms with Crippen molar-refractivity contribution in [3.05, 3.63) is 28.8 Å². The van der Waals surface area contributed by atoms with E-state index in [0.29, 0.717) is 6.04 Å². The molecular weight excluding hydrogens is 288 g/mol. The Balaban J connectivity index is 2.21. The zero-order valence-corrected chi connectivity index (χ0v) is 14.0. The Morgan fingerprint density at radius 3 is 2.38 bits per heavy atom. The summed E-state index contributed by atoms with van der Waals surface area (Å²) in [6.07, 6.45) is 0.194. The lowest BCUT2D eigenvalue weighted by Gasteiger charge is -2.23. The lowest BCUT2D eigenvalue weighted by Crippen LogP contribution is -2.27. The predicted molar refractivity (Wildman–Crippen MR) is 87.2 cm³/mol. The van der Waals surface area contributed by atoms with Gasteiger partial charge in [-0.2, -0.15) is 0 Å². The molecule has 1 aliphatic heterocycles. The summed E-state index contributed by atoms with van der Waals surface area (Å²) >= 11 is 6.40. The fourth-order valence-electron chi connectivity index (χ4n) is 2.72. The van der Waals surface area contributed by atoms with Crippen LogP contribution >= 0.6 is 11.6 Å². The van der Waals surface area contributed by atoms with Gasteiger partial charge in [-0.05, 0) is 12.1 Å². The second-order valence-electron chi connectivity index (χ2n) is 5.73. The minimum absolute atomic E-state index is 0.0971. The summed E-state index contributed by atoms with van der Waals surface area (Å²) in [5, 5.41) is 4.24. The van der Waals surface area contributed by atoms with E-state index in [1.54, 1.807) is 14.2 Å². The SMILES string of the molecule is COC1CN(c2cccc(Cl)c2CNC(C)C)CC1OC. The molecule has 118 valence electrons. The topological polar surface area (TPSA) is 33.7 Å². The molecule has 0 bridgehead atoms. The highest BCUT2D eigenvalue weighted by atomic mass is 35.5. The number of halogens is 1. The molecule has 1 aliphatic rings. The third kappa shape index (κ3) is 3.89. The van der Waals surface area contributed by atoms with Gasteiger partial charge in [-0.1, -0.05) is 31.5 Å². The maximum absolute atomic E-state index is 6.40. The van der Waals surface area contributed by atoms with Crippen molar-refractivity contribution in [2.45, 2.75) is 38.6 Å². The van der Waals surface area contributed by atoms with Crippen LogP contribution in [0.15, 0.2) is 18.2 Å². The molecule has 0 radical (unpaired) electrons. The Kier molecular flexibility index (Phi) is 5.88. The molecule has 0 aromatic heterocycles. The van der Waals surface area contributed by atoms with Crippen molar-refractivity contribution in [3.8, 4) is 0 Å². The highest BCUT2D eigenvalue weighted by molar-refractivity contribution is 6.31. The van der Waals surface area contributed by atoms with Crippen molar-refractivity contribution in [2.75, 3.05) is 32.2 Å². The standard InChI is InChI=1S/C16H25ClN2O2/c1-11(2)18-8-12-13(17)6-5-7-14(12)19-9-15(20-3)16(10-19)21-4/h5-7,11,15-16,18H,8-10H2,1-4H3. The molecule has 1 fully saturated rings. The zero-order valence-electron chi connectivity index (χ0n) is 13.2. The van der Waals surface area contributed by atoms with E-state index in [1.165, 1.54) is 0 Å². The average molecular weight is 313 g/mol. The van der Waals surface area contributed by atoms with Crippen LogP contribution in [0.4, 0.5) is 5.69 Å². The summed E-state index contributed by atoms with van der Waals surface area (Å²) in [6.45, 7) is 6.68. The number of methoxy groups -OCH3 is 2. The van der Waals surface area contributed by atoms with Crippen LogP contribution in [-0.2, 0) is 16.0 Å². The minimum atomic E-state index is 0.0971. The molecule has 4 nitrogen and oxygen atoms in total. The molecule has 5 heteroatoms. The van der Waals surface area contributed by atoms with Gasteiger partial charge in [0.15, 0.2) is 0 Å². The highest BCUT2D eigenvalue weighted by Crippen LogP contribution is 2.31. The van der Waals surface area contributed by atoms with Crippen LogP contribution in [0.2, 0.25) is 5.02 Å². The molecule has 0 amide bonds. The number of hydrogen-bond acceptors (Lipinski definition) is 4. The van der Waals surface area contributed by atoms with Crippen molar-refractivity contribution >= 4 is 17.3 Å². The number of nitrogens with zero attached hydrogens (tertiary/aromatic N) is 1. The lowest BCUT2D eigenvalue weighted by molar-refractivity contribution is -0.00461. The fraction of sp³-hybridized carbons (Fsp3) is 0.625. The highest BCUT2D eigenvalue weighted by Gasteiger charge is 2.34. The molecule has 0 spiro atoms. The summed E-state index contributed by atoms with van der Waals surface area (Å²) in [5.74, 6) is 0. The van der Waals surface area contributed by atoms with E-state index in [9.17, 15) is 0 Å². The quantitative estimate of drug-likeness (QED) is 0.875. The van der Waals surface area contributed by atoms with Crippen molar-refractivity contribution in [1.29, 1.82) is 0 Å². The van der Waals surface area contributed by atoms with Gasteiger partial charge in [0.25, 0.3) is 0 Å². The van der Waals surface area contributed by atoms with Crippen LogP contribution in [0.1, 0.15) is 19.4 Å². The number of rotatable bonds is 6. The smallest absolute Gasteiger partial charge is 0.102 e. The number of nitrogens with one attached hydrogen (secondary N) is 1. The first kappa shape index (κ1) is 16.6. The van der Waals surface area contributed by atoms with E-state index in [-0.39, 0.29) is 12.2 Å². The van der Waals surface area contributed by atoms with Gasteiger partial charge in [0.05, 0.1) is 0 Å². The van der Waals surface area contributed by atoms with E-state index in [0.717, 1.165) is 35.9 Å². The summed E-state index contributed by atoms with van der Waals surface area (Å²) in [6, 6.07) is 6.48. The second kappa shape index (κ2) is 7.45. The number of ether oxygens (including phenoxy) is 2. The fourth-order valence-corrected chi connectivity index (χ4v) is 2.95. The molecule has 1 saturated heterocycles. The van der Waals surface area contributed by atoms with Gasteiger partial charge in [-0.3, -0.25) is 0 Å². The molecule has 2 rings (SSSR count). The Morgan fingerprint density at radius 1 is 1.24 bits per heavy atom. The normalized spacial score (nSPS) is 22.3. The summed E-state index contributed by atoms with van der Waals surface area (Å²) in [4.78, 5) is 2.30. The Hall–Kier alpha value is -0.810. The van der Waals surface area contributed by atoms with E-state index in [1.807, 2.05) is 12.1 Å². The first-order valence-electron chi connectivity index (χ1n) is 7.38. The van der Waals surface area contributed by atoms with Gasteiger partial charge in [-0.15, -0.1) is 0 Å². The molecule has 2 unspecified atom stereocenters. The molecule has 1 heterocycles. The number of benzene rings is 1. The first-order chi connectivity index (χ1) is 10.1. The number of anilines is 1. The number of hydrogen-bond donors (Lipinski definition) is 1. The van der Waals surface area contributed by atoms with Crippen molar-refractivity contribution in [1.82, 2.24) is 5.32 Å². The van der Waals surface area contributed by atoms with Crippen LogP contribution in [-0.4, -0.2) is 45.6 Å². The van der Waals surface area contributed by atoms with E-state index in [4.69, 9.17) is 21.1 Å². The minimum Gasteiger partial charge on any atom is -0.377 e. The van der Waals surface area contributed by atoms with Gasteiger partial charge in [0.2, 0.25) is 0 Å². The van der Waals surface area contributed by atoms with Gasteiger partial charge >= 0.3 is 0 Å². The van der Waals surface area contributed by atoms with Crippen molar-refractivity contribution < 1.29 is 9.47 Å². The van der Waals surface area contributed by atoms with Crippen LogP contribution in [0.25, 0.3) is 0 Å². The molecular formula is C16H25ClN2O2. The first-order valence-corrected chi connectivity index (χ1v) is 7.76. The summed E-state index contributed by atoms with van der Waals surface area (Å²) < 4.78 is 11.0. The van der Waals surface area contributed by atoms with Crippen molar-refractivity contribution in [3.63, 3.8) is 0 Å². The van der Waals surface area contributed by atoms with Crippen LogP contribution in [0, 0.1) is 0 Å². The van der Waals surface area contributed by atoms with E-state index >= 15 is 0 Å². The predicted octanol–water partition coefficient (Wildman–Crippen LogP) is 2.69. The molecule has 0 aliphatic carbocycles. The van der Waals surface area contributed by atoms with E-state index in [2.05, 4.69) is 30.1 Å². The third-order valence-electron chi connectivity index (χ3n) is 3.94. The maximum Gasteiger partial charge on any atom is 0.102 e. The van der Waals surface area contributed by atoms with Crippen LogP contribution < -0.4 is 10.2 Å². The molecule has 21 heavy (non-hydrogen) atoms. The third-order valence-corrected chi connectivity index (χ3v) is 4.30. The van der Waals surface area contributed by atoms with Crippen LogP contribution in [0.5, 0.6) is 0 Å². The Morgan fingerprint density at radius 2 is 1.86 bits per heavy atom. The van der Waals surface area contributed by atoms with E-state index < -0.39 is 0 Å². The Bertz CT molecular complexity index is 456. The molecule has 1 aromatic carbocycles.